The van der Waals surface area contributed by atoms with Gasteiger partial charge in [-0.15, -0.1) is 0 Å². The SMILES string of the molecule is COc1ccc(C2/C(=C(\O)c3cc(OC)c(Cl)cc3OC)C(=O)C(=O)N2c2ccc(C)cc2C)cc1. The van der Waals surface area contributed by atoms with E-state index in [4.69, 9.17) is 25.8 Å². The molecule has 8 heteroatoms. The highest BCUT2D eigenvalue weighted by atomic mass is 35.5. The van der Waals surface area contributed by atoms with E-state index in [9.17, 15) is 14.7 Å². The van der Waals surface area contributed by atoms with Crippen molar-refractivity contribution in [2.45, 2.75) is 19.9 Å². The minimum absolute atomic E-state index is 0.0761. The van der Waals surface area contributed by atoms with Crippen molar-refractivity contribution < 1.29 is 28.9 Å². The third-order valence-corrected chi connectivity index (χ3v) is 6.51. The molecule has 36 heavy (non-hydrogen) atoms. The number of rotatable bonds is 6. The van der Waals surface area contributed by atoms with Gasteiger partial charge in [0, 0.05) is 11.8 Å². The highest BCUT2D eigenvalue weighted by molar-refractivity contribution is 6.51. The second-order valence-corrected chi connectivity index (χ2v) is 8.83. The number of methoxy groups -OCH3 is 3. The number of amides is 1. The van der Waals surface area contributed by atoms with Gasteiger partial charge in [0.25, 0.3) is 11.7 Å². The maximum atomic E-state index is 13.5. The highest BCUT2D eigenvalue weighted by Crippen LogP contribution is 2.45. The summed E-state index contributed by atoms with van der Waals surface area (Å²) in [6.07, 6.45) is 0. The maximum absolute atomic E-state index is 13.5. The summed E-state index contributed by atoms with van der Waals surface area (Å²) in [6.45, 7) is 3.83. The van der Waals surface area contributed by atoms with Gasteiger partial charge in [0.1, 0.15) is 23.0 Å². The first-order chi connectivity index (χ1) is 17.2. The molecule has 0 saturated carbocycles. The number of aryl methyl sites for hydroxylation is 2. The maximum Gasteiger partial charge on any atom is 0.300 e. The van der Waals surface area contributed by atoms with Gasteiger partial charge >= 0.3 is 0 Å². The summed E-state index contributed by atoms with van der Waals surface area (Å²) in [7, 11) is 4.41. The van der Waals surface area contributed by atoms with Gasteiger partial charge in [-0.05, 0) is 49.2 Å². The molecule has 1 amide bonds. The average Bonchev–Trinajstić information content (AvgIpc) is 3.13. The van der Waals surface area contributed by atoms with Crippen LogP contribution in [-0.2, 0) is 9.59 Å². The number of Topliss-reactive ketones (excluding diaryl/α,β-unsaturated/α-hetero) is 1. The molecule has 0 bridgehead atoms. The van der Waals surface area contributed by atoms with Gasteiger partial charge in [-0.25, -0.2) is 0 Å². The number of benzene rings is 3. The van der Waals surface area contributed by atoms with E-state index in [2.05, 4.69) is 0 Å². The number of hydrogen-bond acceptors (Lipinski definition) is 6. The van der Waals surface area contributed by atoms with E-state index in [1.165, 1.54) is 31.3 Å². The van der Waals surface area contributed by atoms with Crippen LogP contribution in [-0.4, -0.2) is 38.1 Å². The number of anilines is 1. The second-order valence-electron chi connectivity index (χ2n) is 8.42. The number of hydrogen-bond donors (Lipinski definition) is 1. The molecule has 1 unspecified atom stereocenters. The zero-order valence-corrected chi connectivity index (χ0v) is 21.3. The largest absolute Gasteiger partial charge is 0.507 e. The molecule has 7 nitrogen and oxygen atoms in total. The van der Waals surface area contributed by atoms with Crippen LogP contribution in [0.4, 0.5) is 5.69 Å². The van der Waals surface area contributed by atoms with Crippen molar-refractivity contribution in [3.63, 3.8) is 0 Å². The molecule has 1 saturated heterocycles. The van der Waals surface area contributed by atoms with E-state index < -0.39 is 23.5 Å². The fourth-order valence-corrected chi connectivity index (χ4v) is 4.68. The molecule has 186 valence electrons. The van der Waals surface area contributed by atoms with Gasteiger partial charge in [0.15, 0.2) is 0 Å². The summed E-state index contributed by atoms with van der Waals surface area (Å²) >= 11 is 6.24. The van der Waals surface area contributed by atoms with Crippen LogP contribution in [0.3, 0.4) is 0 Å². The Kier molecular flexibility index (Phi) is 6.95. The first-order valence-corrected chi connectivity index (χ1v) is 11.5. The van der Waals surface area contributed by atoms with Gasteiger partial charge in [0.2, 0.25) is 0 Å². The van der Waals surface area contributed by atoms with Crippen LogP contribution < -0.4 is 19.1 Å². The van der Waals surface area contributed by atoms with Crippen molar-refractivity contribution in [3.05, 3.63) is 87.4 Å². The van der Waals surface area contributed by atoms with Gasteiger partial charge in [0.05, 0.1) is 43.5 Å². The third kappa shape index (κ3) is 4.27. The van der Waals surface area contributed by atoms with Crippen LogP contribution in [0, 0.1) is 13.8 Å². The smallest absolute Gasteiger partial charge is 0.300 e. The lowest BCUT2D eigenvalue weighted by Crippen LogP contribution is -2.30. The first kappa shape index (κ1) is 25.1. The summed E-state index contributed by atoms with van der Waals surface area (Å²) < 4.78 is 16.0. The Morgan fingerprint density at radius 1 is 0.889 bits per heavy atom. The minimum atomic E-state index is -0.899. The zero-order valence-electron chi connectivity index (χ0n) is 20.6. The lowest BCUT2D eigenvalue weighted by atomic mass is 9.94. The normalized spacial score (nSPS) is 16.8. The summed E-state index contributed by atoms with van der Waals surface area (Å²) in [5.74, 6) is -0.832. The van der Waals surface area contributed by atoms with E-state index >= 15 is 0 Å². The van der Waals surface area contributed by atoms with Gasteiger partial charge in [-0.3, -0.25) is 14.5 Å². The molecule has 1 heterocycles. The van der Waals surface area contributed by atoms with Crippen LogP contribution in [0.25, 0.3) is 5.76 Å². The third-order valence-electron chi connectivity index (χ3n) is 6.22. The molecule has 1 aliphatic heterocycles. The van der Waals surface area contributed by atoms with Crippen molar-refractivity contribution in [1.29, 1.82) is 0 Å². The molecule has 4 rings (SSSR count). The van der Waals surface area contributed by atoms with Crippen molar-refractivity contribution in [2.24, 2.45) is 0 Å². The van der Waals surface area contributed by atoms with Crippen LogP contribution in [0.2, 0.25) is 5.02 Å². The zero-order chi connectivity index (χ0) is 26.1. The molecular formula is C28H26ClNO6. The van der Waals surface area contributed by atoms with Crippen molar-refractivity contribution in [1.82, 2.24) is 0 Å². The first-order valence-electron chi connectivity index (χ1n) is 11.2. The molecular weight excluding hydrogens is 482 g/mol. The molecule has 1 atom stereocenters. The Labute approximate surface area is 214 Å². The van der Waals surface area contributed by atoms with Gasteiger partial charge in [-0.1, -0.05) is 41.4 Å². The molecule has 1 fully saturated rings. The molecule has 0 spiro atoms. The van der Waals surface area contributed by atoms with Crippen LogP contribution in [0.1, 0.15) is 28.3 Å². The molecule has 1 N–H and O–H groups in total. The Balaban J connectivity index is 2.01. The fourth-order valence-electron chi connectivity index (χ4n) is 4.45. The van der Waals surface area contributed by atoms with Gasteiger partial charge < -0.3 is 19.3 Å². The lowest BCUT2D eigenvalue weighted by molar-refractivity contribution is -0.132. The van der Waals surface area contributed by atoms with Gasteiger partial charge in [-0.2, -0.15) is 0 Å². The van der Waals surface area contributed by atoms with E-state index in [0.29, 0.717) is 17.0 Å². The van der Waals surface area contributed by atoms with E-state index in [0.717, 1.165) is 11.1 Å². The number of carbonyl (C=O) groups is 2. The predicted octanol–water partition coefficient (Wildman–Crippen LogP) is 5.61. The number of halogens is 1. The molecule has 1 aliphatic rings. The van der Waals surface area contributed by atoms with E-state index in [1.807, 2.05) is 26.0 Å². The number of carbonyl (C=O) groups excluding carboxylic acids is 2. The highest BCUT2D eigenvalue weighted by Gasteiger charge is 2.47. The Bertz CT molecular complexity index is 1380. The van der Waals surface area contributed by atoms with Crippen LogP contribution >= 0.6 is 11.6 Å². The molecule has 3 aromatic carbocycles. The van der Waals surface area contributed by atoms with Crippen molar-refractivity contribution in [2.75, 3.05) is 26.2 Å². The molecule has 0 aliphatic carbocycles. The fraction of sp³-hybridized carbons (Fsp3) is 0.214. The minimum Gasteiger partial charge on any atom is -0.507 e. The number of ketones is 1. The summed E-state index contributed by atoms with van der Waals surface area (Å²) in [5, 5.41) is 11.8. The number of ether oxygens (including phenoxy) is 3. The Morgan fingerprint density at radius 2 is 1.56 bits per heavy atom. The second kappa shape index (κ2) is 9.95. The van der Waals surface area contributed by atoms with Crippen LogP contribution in [0.5, 0.6) is 17.2 Å². The number of aliphatic hydroxyl groups excluding tert-OH is 1. The average molecular weight is 508 g/mol. The standard InChI is InChI=1S/C28H26ClNO6/c1-15-6-11-21(16(2)12-15)30-25(17-7-9-18(34-3)10-8-17)24(27(32)28(30)33)26(31)19-13-23(36-5)20(29)14-22(19)35-4/h6-14,25,31H,1-5H3/b26-24+. The van der Waals surface area contributed by atoms with E-state index in [1.54, 1.807) is 37.4 Å². The topological polar surface area (TPSA) is 85.3 Å². The van der Waals surface area contributed by atoms with Crippen LogP contribution in [0.15, 0.2) is 60.2 Å². The summed E-state index contributed by atoms with van der Waals surface area (Å²) in [5.41, 5.74) is 3.14. The van der Waals surface area contributed by atoms with E-state index in [-0.39, 0.29) is 27.7 Å². The molecule has 0 aromatic heterocycles. The molecule has 3 aromatic rings. The van der Waals surface area contributed by atoms with Crippen molar-refractivity contribution >= 4 is 34.7 Å². The summed E-state index contributed by atoms with van der Waals surface area (Å²) in [6, 6.07) is 14.7. The number of nitrogens with zero attached hydrogens (tertiary/aromatic N) is 1. The predicted molar refractivity (Wildman–Crippen MR) is 138 cm³/mol. The summed E-state index contributed by atoms with van der Waals surface area (Å²) in [4.78, 5) is 28.4. The Morgan fingerprint density at radius 3 is 2.14 bits per heavy atom. The quantitative estimate of drug-likeness (QED) is 0.265. The monoisotopic (exact) mass is 507 g/mol. The Hall–Kier alpha value is -3.97. The van der Waals surface area contributed by atoms with Crippen molar-refractivity contribution in [3.8, 4) is 17.2 Å². The molecule has 0 radical (unpaired) electrons. The lowest BCUT2D eigenvalue weighted by Gasteiger charge is -2.27. The number of aliphatic hydroxyl groups is 1.